The summed E-state index contributed by atoms with van der Waals surface area (Å²) in [6.07, 6.45) is 0. The lowest BCUT2D eigenvalue weighted by Gasteiger charge is -2.07. The number of hydrogen-bond acceptors (Lipinski definition) is 3. The number of aryl methyl sites for hydroxylation is 1. The average Bonchev–Trinajstić information content (AvgIpc) is 2.84. The van der Waals surface area contributed by atoms with E-state index in [1.807, 2.05) is 25.2 Å². The number of fused-ring (bicyclic) bond motifs is 1. The lowest BCUT2D eigenvalue weighted by Crippen LogP contribution is -1.96. The third-order valence-corrected chi connectivity index (χ3v) is 4.06. The molecule has 3 aromatic rings. The Morgan fingerprint density at radius 3 is 2.59 bits per heavy atom. The van der Waals surface area contributed by atoms with Crippen molar-refractivity contribution in [2.45, 2.75) is 19.8 Å². The summed E-state index contributed by atoms with van der Waals surface area (Å²) in [7, 11) is 3.65. The maximum absolute atomic E-state index is 5.89. The summed E-state index contributed by atoms with van der Waals surface area (Å²) in [4.78, 5) is 4.80. The number of anilines is 1. The highest BCUT2D eigenvalue weighted by molar-refractivity contribution is 5.82. The summed E-state index contributed by atoms with van der Waals surface area (Å²) >= 11 is 0. The molecule has 0 aliphatic carbocycles. The minimum atomic E-state index is 0.492. The van der Waals surface area contributed by atoms with E-state index in [1.54, 1.807) is 7.11 Å². The van der Waals surface area contributed by atoms with Gasteiger partial charge in [0.2, 0.25) is 0 Å². The SMILES string of the molecule is COc1cc(-c2nc3cc(C(C)C)ccc3n2C)ccc1N. The Balaban J connectivity index is 2.17. The van der Waals surface area contributed by atoms with Gasteiger partial charge in [0.1, 0.15) is 11.6 Å². The van der Waals surface area contributed by atoms with E-state index >= 15 is 0 Å². The molecule has 22 heavy (non-hydrogen) atoms. The number of rotatable bonds is 3. The highest BCUT2D eigenvalue weighted by Gasteiger charge is 2.12. The fourth-order valence-corrected chi connectivity index (χ4v) is 2.68. The summed E-state index contributed by atoms with van der Waals surface area (Å²) in [6.45, 7) is 4.38. The maximum Gasteiger partial charge on any atom is 0.142 e. The summed E-state index contributed by atoms with van der Waals surface area (Å²) in [6, 6.07) is 12.2. The third kappa shape index (κ3) is 2.30. The van der Waals surface area contributed by atoms with Crippen LogP contribution in [-0.4, -0.2) is 16.7 Å². The van der Waals surface area contributed by atoms with Crippen molar-refractivity contribution in [3.05, 3.63) is 42.0 Å². The van der Waals surface area contributed by atoms with Gasteiger partial charge in [-0.05, 0) is 41.8 Å². The largest absolute Gasteiger partial charge is 0.495 e. The van der Waals surface area contributed by atoms with Crippen molar-refractivity contribution in [2.24, 2.45) is 7.05 Å². The number of ether oxygens (including phenoxy) is 1. The van der Waals surface area contributed by atoms with Gasteiger partial charge in [-0.15, -0.1) is 0 Å². The van der Waals surface area contributed by atoms with Crippen LogP contribution in [0, 0.1) is 0 Å². The van der Waals surface area contributed by atoms with E-state index in [-0.39, 0.29) is 0 Å². The lowest BCUT2D eigenvalue weighted by molar-refractivity contribution is 0.417. The smallest absolute Gasteiger partial charge is 0.142 e. The fraction of sp³-hybridized carbons (Fsp3) is 0.278. The molecule has 2 aromatic carbocycles. The molecule has 1 heterocycles. The topological polar surface area (TPSA) is 53.1 Å². The predicted octanol–water partition coefficient (Wildman–Crippen LogP) is 3.95. The van der Waals surface area contributed by atoms with Gasteiger partial charge < -0.3 is 15.0 Å². The summed E-state index contributed by atoms with van der Waals surface area (Å²) in [5.41, 5.74) is 11.0. The van der Waals surface area contributed by atoms with Gasteiger partial charge in [0.05, 0.1) is 23.8 Å². The van der Waals surface area contributed by atoms with Crippen LogP contribution in [0.5, 0.6) is 5.75 Å². The van der Waals surface area contributed by atoms with Crippen LogP contribution in [0.3, 0.4) is 0 Å². The van der Waals surface area contributed by atoms with Crippen LogP contribution in [0.4, 0.5) is 5.69 Å². The second-order valence-electron chi connectivity index (χ2n) is 5.85. The molecule has 2 N–H and O–H groups in total. The maximum atomic E-state index is 5.89. The number of methoxy groups -OCH3 is 1. The van der Waals surface area contributed by atoms with Gasteiger partial charge in [0.25, 0.3) is 0 Å². The van der Waals surface area contributed by atoms with Crippen molar-refractivity contribution in [1.82, 2.24) is 9.55 Å². The van der Waals surface area contributed by atoms with Gasteiger partial charge in [-0.25, -0.2) is 4.98 Å². The molecule has 0 spiro atoms. The number of aromatic nitrogens is 2. The molecule has 0 fully saturated rings. The molecule has 0 unspecified atom stereocenters. The van der Waals surface area contributed by atoms with E-state index in [2.05, 4.69) is 36.6 Å². The first kappa shape index (κ1) is 14.4. The average molecular weight is 295 g/mol. The molecule has 0 bridgehead atoms. The van der Waals surface area contributed by atoms with Gasteiger partial charge in [0.15, 0.2) is 0 Å². The monoisotopic (exact) mass is 295 g/mol. The highest BCUT2D eigenvalue weighted by Crippen LogP contribution is 2.30. The van der Waals surface area contributed by atoms with Crippen LogP contribution in [0.2, 0.25) is 0 Å². The molecule has 0 saturated heterocycles. The van der Waals surface area contributed by atoms with E-state index in [1.165, 1.54) is 5.56 Å². The fourth-order valence-electron chi connectivity index (χ4n) is 2.68. The molecular weight excluding hydrogens is 274 g/mol. The van der Waals surface area contributed by atoms with Gasteiger partial charge in [-0.2, -0.15) is 0 Å². The van der Waals surface area contributed by atoms with Crippen LogP contribution in [-0.2, 0) is 7.05 Å². The van der Waals surface area contributed by atoms with Gasteiger partial charge in [-0.1, -0.05) is 19.9 Å². The Labute approximate surface area is 130 Å². The van der Waals surface area contributed by atoms with Gasteiger partial charge in [0, 0.05) is 12.6 Å². The molecule has 0 radical (unpaired) electrons. The number of benzene rings is 2. The van der Waals surface area contributed by atoms with Crippen LogP contribution < -0.4 is 10.5 Å². The molecule has 0 aliphatic rings. The number of nitrogen functional groups attached to an aromatic ring is 1. The van der Waals surface area contributed by atoms with Crippen LogP contribution in [0.15, 0.2) is 36.4 Å². The molecular formula is C18H21N3O. The van der Waals surface area contributed by atoms with Crippen LogP contribution in [0.1, 0.15) is 25.3 Å². The molecule has 0 atom stereocenters. The molecule has 0 saturated carbocycles. The Hall–Kier alpha value is -2.49. The minimum Gasteiger partial charge on any atom is -0.495 e. The Morgan fingerprint density at radius 2 is 1.91 bits per heavy atom. The van der Waals surface area contributed by atoms with Crippen LogP contribution in [0.25, 0.3) is 22.4 Å². The molecule has 4 heteroatoms. The molecule has 3 rings (SSSR count). The first-order valence-electron chi connectivity index (χ1n) is 7.41. The third-order valence-electron chi connectivity index (χ3n) is 4.06. The minimum absolute atomic E-state index is 0.492. The van der Waals surface area contributed by atoms with Gasteiger partial charge in [-0.3, -0.25) is 0 Å². The van der Waals surface area contributed by atoms with Crippen molar-refractivity contribution >= 4 is 16.7 Å². The number of hydrogen-bond donors (Lipinski definition) is 1. The zero-order chi connectivity index (χ0) is 15.9. The van der Waals surface area contributed by atoms with E-state index in [9.17, 15) is 0 Å². The highest BCUT2D eigenvalue weighted by atomic mass is 16.5. The van der Waals surface area contributed by atoms with Crippen molar-refractivity contribution in [1.29, 1.82) is 0 Å². The van der Waals surface area contributed by atoms with E-state index in [0.29, 0.717) is 17.4 Å². The molecule has 114 valence electrons. The number of imidazole rings is 1. The lowest BCUT2D eigenvalue weighted by atomic mass is 10.0. The Morgan fingerprint density at radius 1 is 1.14 bits per heavy atom. The molecule has 0 amide bonds. The zero-order valence-corrected chi connectivity index (χ0v) is 13.4. The Kier molecular flexibility index (Phi) is 3.53. The predicted molar refractivity (Wildman–Crippen MR) is 91.2 cm³/mol. The summed E-state index contributed by atoms with van der Waals surface area (Å²) in [5, 5.41) is 0. The first-order valence-corrected chi connectivity index (χ1v) is 7.41. The van der Waals surface area contributed by atoms with Crippen molar-refractivity contribution in [3.63, 3.8) is 0 Å². The molecule has 1 aromatic heterocycles. The second kappa shape index (κ2) is 5.37. The molecule has 0 aliphatic heterocycles. The van der Waals surface area contributed by atoms with Crippen LogP contribution >= 0.6 is 0 Å². The summed E-state index contributed by atoms with van der Waals surface area (Å²) in [5.74, 6) is 2.08. The zero-order valence-electron chi connectivity index (χ0n) is 13.4. The number of nitrogens with two attached hydrogens (primary N) is 1. The first-order chi connectivity index (χ1) is 10.5. The normalized spacial score (nSPS) is 11.3. The summed E-state index contributed by atoms with van der Waals surface area (Å²) < 4.78 is 7.41. The van der Waals surface area contributed by atoms with E-state index in [4.69, 9.17) is 15.5 Å². The second-order valence-corrected chi connectivity index (χ2v) is 5.85. The standard InChI is InChI=1S/C18H21N3O/c1-11(2)12-6-8-16-15(9-12)20-18(21(16)3)13-5-7-14(19)17(10-13)22-4/h5-11H,19H2,1-4H3. The van der Waals surface area contributed by atoms with Crippen molar-refractivity contribution < 1.29 is 4.74 Å². The van der Waals surface area contributed by atoms with Crippen molar-refractivity contribution in [3.8, 4) is 17.1 Å². The van der Waals surface area contributed by atoms with E-state index < -0.39 is 0 Å². The van der Waals surface area contributed by atoms with Crippen molar-refractivity contribution in [2.75, 3.05) is 12.8 Å². The van der Waals surface area contributed by atoms with E-state index in [0.717, 1.165) is 22.4 Å². The Bertz CT molecular complexity index is 834. The molecule has 4 nitrogen and oxygen atoms in total. The van der Waals surface area contributed by atoms with Gasteiger partial charge >= 0.3 is 0 Å². The number of nitrogens with zero attached hydrogens (tertiary/aromatic N) is 2. The quantitative estimate of drug-likeness (QED) is 0.744.